The first-order chi connectivity index (χ1) is 15.7. The fourth-order valence-electron chi connectivity index (χ4n) is 4.13. The van der Waals surface area contributed by atoms with E-state index in [2.05, 4.69) is 13.8 Å². The second kappa shape index (κ2) is 32.6. The van der Waals surface area contributed by atoms with Gasteiger partial charge in [0.1, 0.15) is 0 Å². The summed E-state index contributed by atoms with van der Waals surface area (Å²) in [5.41, 5.74) is 10.5. The van der Waals surface area contributed by atoms with Crippen LogP contribution in [0.25, 0.3) is 0 Å². The highest BCUT2D eigenvalue weighted by Crippen LogP contribution is 2.13. The van der Waals surface area contributed by atoms with Crippen molar-refractivity contribution in [2.45, 2.75) is 174 Å². The number of amides is 1. The van der Waals surface area contributed by atoms with E-state index >= 15 is 0 Å². The minimum atomic E-state index is -0.154. The lowest BCUT2D eigenvalue weighted by Crippen LogP contribution is -2.09. The van der Waals surface area contributed by atoms with Crippen molar-refractivity contribution >= 4 is 5.91 Å². The van der Waals surface area contributed by atoms with Gasteiger partial charge in [-0.2, -0.15) is 0 Å². The number of primary amides is 1. The maximum Gasteiger partial charge on any atom is 0.217 e. The Hall–Kier alpha value is -0.570. The molecule has 0 aliphatic rings. The Kier molecular flexibility index (Phi) is 34.2. The molecule has 4 N–H and O–H groups in total. The van der Waals surface area contributed by atoms with E-state index in [4.69, 9.17) is 11.5 Å². The molecule has 0 fully saturated rings. The van der Waals surface area contributed by atoms with Crippen molar-refractivity contribution in [1.29, 1.82) is 0 Å². The summed E-state index contributed by atoms with van der Waals surface area (Å²) in [6.07, 6.45) is 33.3. The molecule has 0 bridgehead atoms. The first-order valence-electron chi connectivity index (χ1n) is 14.7. The molecule has 0 saturated heterocycles. The van der Waals surface area contributed by atoms with Crippen molar-refractivity contribution in [3.63, 3.8) is 0 Å². The number of hydrogen-bond donors (Lipinski definition) is 2. The van der Waals surface area contributed by atoms with Gasteiger partial charge in [-0.1, -0.05) is 155 Å². The molecule has 0 saturated carbocycles. The summed E-state index contributed by atoms with van der Waals surface area (Å²) in [6, 6.07) is 0. The van der Waals surface area contributed by atoms with Crippen LogP contribution >= 0.6 is 0 Å². The van der Waals surface area contributed by atoms with Gasteiger partial charge in [-0.05, 0) is 19.4 Å². The van der Waals surface area contributed by atoms with Crippen molar-refractivity contribution in [2.24, 2.45) is 11.5 Å². The number of carbonyl (C=O) groups is 1. The third-order valence-electron chi connectivity index (χ3n) is 6.33. The van der Waals surface area contributed by atoms with E-state index in [1.165, 1.54) is 148 Å². The van der Waals surface area contributed by atoms with E-state index in [0.717, 1.165) is 13.0 Å². The molecule has 1 amide bonds. The van der Waals surface area contributed by atoms with Gasteiger partial charge in [0.05, 0.1) is 0 Å². The van der Waals surface area contributed by atoms with Crippen LogP contribution in [0.15, 0.2) is 0 Å². The van der Waals surface area contributed by atoms with Crippen LogP contribution in [0.1, 0.15) is 174 Å². The molecule has 0 aromatic heterocycles. The fraction of sp³-hybridized carbons (Fsp3) is 0.966. The first kappa shape index (κ1) is 33.6. The number of carbonyl (C=O) groups excluding carboxylic acids is 1. The SMILES string of the molecule is CCCCCCCCCCCCCCCCC(N)=O.CCCCCCCCCCCCN. The van der Waals surface area contributed by atoms with E-state index in [9.17, 15) is 4.79 Å². The van der Waals surface area contributed by atoms with Gasteiger partial charge in [0.25, 0.3) is 0 Å². The third kappa shape index (κ3) is 36.8. The smallest absolute Gasteiger partial charge is 0.217 e. The number of rotatable bonds is 25. The summed E-state index contributed by atoms with van der Waals surface area (Å²) in [7, 11) is 0. The monoisotopic (exact) mass is 454 g/mol. The molecule has 0 radical (unpaired) electrons. The van der Waals surface area contributed by atoms with Gasteiger partial charge in [0, 0.05) is 6.42 Å². The van der Waals surface area contributed by atoms with Crippen molar-refractivity contribution in [3.05, 3.63) is 0 Å². The van der Waals surface area contributed by atoms with Crippen molar-refractivity contribution in [2.75, 3.05) is 6.54 Å². The lowest BCUT2D eigenvalue weighted by Gasteiger charge is -2.02. The fourth-order valence-corrected chi connectivity index (χ4v) is 4.13. The third-order valence-corrected chi connectivity index (χ3v) is 6.33. The maximum absolute atomic E-state index is 10.5. The lowest BCUT2D eigenvalue weighted by atomic mass is 10.0. The molecule has 3 heteroatoms. The normalized spacial score (nSPS) is 10.7. The Morgan fingerprint density at radius 3 is 0.938 bits per heavy atom. The summed E-state index contributed by atoms with van der Waals surface area (Å²) in [4.78, 5) is 10.5. The summed E-state index contributed by atoms with van der Waals surface area (Å²) < 4.78 is 0. The standard InChI is InChI=1S/C17H35NO.C12H27N/c1-2-3-4-5-6-7-8-9-10-11-12-13-14-15-16-17(18)19;1-2-3-4-5-6-7-8-9-10-11-12-13/h2-16H2,1H3,(H2,18,19);2-13H2,1H3. The Bertz CT molecular complexity index is 323. The van der Waals surface area contributed by atoms with E-state index in [0.29, 0.717) is 6.42 Å². The molecule has 0 unspecified atom stereocenters. The van der Waals surface area contributed by atoms with Crippen LogP contribution in [0, 0.1) is 0 Å². The zero-order chi connectivity index (χ0) is 24.0. The summed E-state index contributed by atoms with van der Waals surface area (Å²) in [6.45, 7) is 5.41. The van der Waals surface area contributed by atoms with Gasteiger partial charge in [-0.25, -0.2) is 0 Å². The molecule has 3 nitrogen and oxygen atoms in total. The van der Waals surface area contributed by atoms with Gasteiger partial charge in [0.2, 0.25) is 5.91 Å². The minimum absolute atomic E-state index is 0.154. The quantitative estimate of drug-likeness (QED) is 0.135. The van der Waals surface area contributed by atoms with Crippen LogP contribution in [0.5, 0.6) is 0 Å². The molecule has 0 rings (SSSR count). The molecule has 0 aliphatic heterocycles. The van der Waals surface area contributed by atoms with E-state index < -0.39 is 0 Å². The molecule has 32 heavy (non-hydrogen) atoms. The molecule has 0 heterocycles. The van der Waals surface area contributed by atoms with Gasteiger partial charge in [0.15, 0.2) is 0 Å². The molecule has 0 aromatic rings. The van der Waals surface area contributed by atoms with E-state index in [-0.39, 0.29) is 5.91 Å². The molecule has 0 atom stereocenters. The Morgan fingerprint density at radius 1 is 0.438 bits per heavy atom. The molecular weight excluding hydrogens is 392 g/mol. The lowest BCUT2D eigenvalue weighted by molar-refractivity contribution is -0.118. The number of unbranched alkanes of at least 4 members (excludes halogenated alkanes) is 22. The van der Waals surface area contributed by atoms with E-state index in [1.54, 1.807) is 0 Å². The van der Waals surface area contributed by atoms with Crippen molar-refractivity contribution in [3.8, 4) is 0 Å². The van der Waals surface area contributed by atoms with Crippen LogP contribution < -0.4 is 11.5 Å². The Morgan fingerprint density at radius 2 is 0.688 bits per heavy atom. The average molecular weight is 455 g/mol. The molecule has 0 aliphatic carbocycles. The van der Waals surface area contributed by atoms with Crippen molar-refractivity contribution < 1.29 is 4.79 Å². The molecular formula is C29H62N2O. The minimum Gasteiger partial charge on any atom is -0.370 e. The Balaban J connectivity index is 0. The van der Waals surface area contributed by atoms with E-state index in [1.807, 2.05) is 0 Å². The zero-order valence-corrected chi connectivity index (χ0v) is 22.4. The second-order valence-electron chi connectivity index (χ2n) is 9.78. The highest BCUT2D eigenvalue weighted by atomic mass is 16.1. The summed E-state index contributed by atoms with van der Waals surface area (Å²) in [5.74, 6) is -0.154. The molecule has 0 aromatic carbocycles. The zero-order valence-electron chi connectivity index (χ0n) is 22.4. The highest BCUT2D eigenvalue weighted by molar-refractivity contribution is 5.73. The number of nitrogens with two attached hydrogens (primary N) is 2. The number of hydrogen-bond acceptors (Lipinski definition) is 2. The first-order valence-corrected chi connectivity index (χ1v) is 14.7. The van der Waals surface area contributed by atoms with Crippen LogP contribution in [-0.4, -0.2) is 12.5 Å². The van der Waals surface area contributed by atoms with Gasteiger partial charge < -0.3 is 11.5 Å². The average Bonchev–Trinajstić information content (AvgIpc) is 2.78. The largest absolute Gasteiger partial charge is 0.370 e. The molecule has 0 spiro atoms. The predicted octanol–water partition coefficient (Wildman–Crippen LogP) is 9.21. The van der Waals surface area contributed by atoms with Crippen molar-refractivity contribution in [1.82, 2.24) is 0 Å². The van der Waals surface area contributed by atoms with Gasteiger partial charge in [-0.15, -0.1) is 0 Å². The second-order valence-corrected chi connectivity index (χ2v) is 9.78. The highest BCUT2D eigenvalue weighted by Gasteiger charge is 1.96. The molecule has 194 valence electrons. The Labute approximate surface area is 203 Å². The van der Waals surface area contributed by atoms with Crippen LogP contribution in [0.4, 0.5) is 0 Å². The van der Waals surface area contributed by atoms with Gasteiger partial charge >= 0.3 is 0 Å². The van der Waals surface area contributed by atoms with Crippen LogP contribution in [0.3, 0.4) is 0 Å². The summed E-state index contributed by atoms with van der Waals surface area (Å²) >= 11 is 0. The summed E-state index contributed by atoms with van der Waals surface area (Å²) in [5, 5.41) is 0. The topological polar surface area (TPSA) is 69.1 Å². The predicted molar refractivity (Wildman–Crippen MR) is 145 cm³/mol. The maximum atomic E-state index is 10.5. The van der Waals surface area contributed by atoms with Crippen LogP contribution in [-0.2, 0) is 4.79 Å². The van der Waals surface area contributed by atoms with Crippen LogP contribution in [0.2, 0.25) is 0 Å². The van der Waals surface area contributed by atoms with Gasteiger partial charge in [-0.3, -0.25) is 4.79 Å².